The van der Waals surface area contributed by atoms with Gasteiger partial charge in [-0.05, 0) is 43.7 Å². The largest absolute Gasteiger partial charge is 0.369 e. The van der Waals surface area contributed by atoms with Crippen molar-refractivity contribution in [1.29, 1.82) is 0 Å². The Labute approximate surface area is 133 Å². The molecule has 1 aromatic carbocycles. The zero-order valence-electron chi connectivity index (χ0n) is 12.0. The van der Waals surface area contributed by atoms with Crippen LogP contribution in [0.2, 0.25) is 5.02 Å². The van der Waals surface area contributed by atoms with Crippen LogP contribution in [-0.4, -0.2) is 16.5 Å². The molecule has 0 aliphatic carbocycles. The van der Waals surface area contributed by atoms with E-state index in [0.717, 1.165) is 40.4 Å². The number of nitrogens with one attached hydrogen (secondary N) is 1. The van der Waals surface area contributed by atoms with Crippen LogP contribution in [0.5, 0.6) is 0 Å². The number of benzene rings is 1. The predicted molar refractivity (Wildman–Crippen MR) is 91.4 cm³/mol. The van der Waals surface area contributed by atoms with E-state index in [9.17, 15) is 0 Å². The zero-order valence-corrected chi connectivity index (χ0v) is 13.6. The number of fused-ring (bicyclic) bond motifs is 1. The van der Waals surface area contributed by atoms with Gasteiger partial charge in [0.25, 0.3) is 0 Å². The summed E-state index contributed by atoms with van der Waals surface area (Å²) >= 11 is 7.81. The molecule has 2 heterocycles. The number of hydrogen-bond donors (Lipinski definition) is 1. The molecule has 0 fully saturated rings. The van der Waals surface area contributed by atoms with Crippen LogP contribution in [0.25, 0.3) is 21.6 Å². The standard InChI is InChI=1S/C16H16ClN3S/c1-3-8-18-15-12-9-11(17)5-6-13(12)19-16(20-15)14-7-4-10(2)21-14/h4-7,9H,3,8H2,1-2H3,(H,18,19,20). The molecule has 2 aromatic heterocycles. The first-order valence-corrected chi connectivity index (χ1v) is 8.15. The predicted octanol–water partition coefficient (Wildman–Crippen LogP) is 5.14. The number of halogens is 1. The Hall–Kier alpha value is -1.65. The van der Waals surface area contributed by atoms with Gasteiger partial charge in [-0.1, -0.05) is 18.5 Å². The van der Waals surface area contributed by atoms with Gasteiger partial charge in [-0.15, -0.1) is 11.3 Å². The van der Waals surface area contributed by atoms with E-state index in [2.05, 4.69) is 36.3 Å². The van der Waals surface area contributed by atoms with Crippen molar-refractivity contribution in [3.8, 4) is 10.7 Å². The van der Waals surface area contributed by atoms with Crippen LogP contribution in [0.15, 0.2) is 30.3 Å². The van der Waals surface area contributed by atoms with E-state index < -0.39 is 0 Å². The van der Waals surface area contributed by atoms with Gasteiger partial charge in [0.05, 0.1) is 10.4 Å². The molecule has 3 rings (SSSR count). The molecule has 0 bridgehead atoms. The Kier molecular flexibility index (Phi) is 4.08. The third kappa shape index (κ3) is 3.01. The Morgan fingerprint density at radius 1 is 1.19 bits per heavy atom. The number of thiophene rings is 1. The first kappa shape index (κ1) is 14.3. The molecule has 0 spiro atoms. The topological polar surface area (TPSA) is 37.8 Å². The molecule has 0 saturated heterocycles. The lowest BCUT2D eigenvalue weighted by atomic mass is 10.2. The lowest BCUT2D eigenvalue weighted by Crippen LogP contribution is -2.04. The number of hydrogen-bond acceptors (Lipinski definition) is 4. The van der Waals surface area contributed by atoms with E-state index in [-0.39, 0.29) is 0 Å². The highest BCUT2D eigenvalue weighted by Crippen LogP contribution is 2.30. The van der Waals surface area contributed by atoms with Gasteiger partial charge >= 0.3 is 0 Å². The third-order valence-electron chi connectivity index (χ3n) is 3.16. The summed E-state index contributed by atoms with van der Waals surface area (Å²) in [7, 11) is 0. The molecule has 0 radical (unpaired) electrons. The molecule has 0 aliphatic rings. The number of aromatic nitrogens is 2. The average molecular weight is 318 g/mol. The first-order chi connectivity index (χ1) is 10.2. The van der Waals surface area contributed by atoms with Crippen LogP contribution in [0.1, 0.15) is 18.2 Å². The van der Waals surface area contributed by atoms with Crippen LogP contribution in [-0.2, 0) is 0 Å². The Morgan fingerprint density at radius 3 is 2.76 bits per heavy atom. The maximum atomic E-state index is 6.10. The smallest absolute Gasteiger partial charge is 0.172 e. The maximum absolute atomic E-state index is 6.10. The van der Waals surface area contributed by atoms with Gasteiger partial charge in [-0.25, -0.2) is 9.97 Å². The van der Waals surface area contributed by atoms with Crippen LogP contribution >= 0.6 is 22.9 Å². The highest BCUT2D eigenvalue weighted by atomic mass is 35.5. The van der Waals surface area contributed by atoms with E-state index in [1.54, 1.807) is 11.3 Å². The van der Waals surface area contributed by atoms with Gasteiger partial charge in [-0.2, -0.15) is 0 Å². The summed E-state index contributed by atoms with van der Waals surface area (Å²) in [6, 6.07) is 9.89. The van der Waals surface area contributed by atoms with Gasteiger partial charge < -0.3 is 5.32 Å². The normalized spacial score (nSPS) is 11.0. The van der Waals surface area contributed by atoms with Crippen molar-refractivity contribution in [2.75, 3.05) is 11.9 Å². The minimum absolute atomic E-state index is 0.699. The molecular weight excluding hydrogens is 302 g/mol. The summed E-state index contributed by atoms with van der Waals surface area (Å²) < 4.78 is 0. The Balaban J connectivity index is 2.16. The van der Waals surface area contributed by atoms with Crippen LogP contribution in [0.4, 0.5) is 5.82 Å². The quantitative estimate of drug-likeness (QED) is 0.723. The maximum Gasteiger partial charge on any atom is 0.172 e. The molecule has 21 heavy (non-hydrogen) atoms. The summed E-state index contributed by atoms with van der Waals surface area (Å²) in [5.41, 5.74) is 0.911. The molecule has 3 aromatic rings. The van der Waals surface area contributed by atoms with Crippen molar-refractivity contribution < 1.29 is 0 Å². The summed E-state index contributed by atoms with van der Waals surface area (Å²) in [6.07, 6.45) is 1.04. The van der Waals surface area contributed by atoms with Gasteiger partial charge in [-0.3, -0.25) is 0 Å². The lowest BCUT2D eigenvalue weighted by molar-refractivity contribution is 0.970. The van der Waals surface area contributed by atoms with E-state index in [1.807, 2.05) is 18.2 Å². The van der Waals surface area contributed by atoms with Crippen molar-refractivity contribution in [2.45, 2.75) is 20.3 Å². The van der Waals surface area contributed by atoms with Crippen LogP contribution < -0.4 is 5.32 Å². The molecule has 0 unspecified atom stereocenters. The average Bonchev–Trinajstić information content (AvgIpc) is 2.91. The highest BCUT2D eigenvalue weighted by molar-refractivity contribution is 7.15. The fourth-order valence-electron chi connectivity index (χ4n) is 2.14. The monoisotopic (exact) mass is 317 g/mol. The Morgan fingerprint density at radius 2 is 2.05 bits per heavy atom. The van der Waals surface area contributed by atoms with Crippen LogP contribution in [0, 0.1) is 6.92 Å². The minimum atomic E-state index is 0.699. The molecule has 1 N–H and O–H groups in total. The second-order valence-electron chi connectivity index (χ2n) is 4.89. The van der Waals surface area contributed by atoms with E-state index >= 15 is 0 Å². The van der Waals surface area contributed by atoms with E-state index in [4.69, 9.17) is 16.6 Å². The fraction of sp³-hybridized carbons (Fsp3) is 0.250. The molecule has 0 aliphatic heterocycles. The van der Waals surface area contributed by atoms with Crippen molar-refractivity contribution in [3.05, 3.63) is 40.2 Å². The van der Waals surface area contributed by atoms with Crippen LogP contribution in [0.3, 0.4) is 0 Å². The second-order valence-corrected chi connectivity index (χ2v) is 6.62. The van der Waals surface area contributed by atoms with Crippen molar-refractivity contribution >= 4 is 39.7 Å². The van der Waals surface area contributed by atoms with Crippen molar-refractivity contribution in [2.24, 2.45) is 0 Å². The second kappa shape index (κ2) is 6.00. The third-order valence-corrected chi connectivity index (χ3v) is 4.39. The SMILES string of the molecule is CCCNc1nc(-c2ccc(C)s2)nc2ccc(Cl)cc12. The number of nitrogens with zero attached hydrogens (tertiary/aromatic N) is 2. The lowest BCUT2D eigenvalue weighted by Gasteiger charge is -2.10. The molecule has 5 heteroatoms. The summed E-state index contributed by atoms with van der Waals surface area (Å²) in [5.74, 6) is 1.62. The van der Waals surface area contributed by atoms with Crippen molar-refractivity contribution in [3.63, 3.8) is 0 Å². The number of anilines is 1. The van der Waals surface area contributed by atoms with E-state index in [1.165, 1.54) is 4.88 Å². The van der Waals surface area contributed by atoms with Gasteiger partial charge in [0.15, 0.2) is 5.82 Å². The summed E-state index contributed by atoms with van der Waals surface area (Å²) in [4.78, 5) is 11.7. The first-order valence-electron chi connectivity index (χ1n) is 6.95. The summed E-state index contributed by atoms with van der Waals surface area (Å²) in [6.45, 7) is 5.10. The molecule has 108 valence electrons. The molecule has 0 amide bonds. The Bertz CT molecular complexity index is 782. The highest BCUT2D eigenvalue weighted by Gasteiger charge is 2.11. The number of aryl methyl sites for hydroxylation is 1. The molecule has 0 saturated carbocycles. The molecule has 0 atom stereocenters. The fourth-order valence-corrected chi connectivity index (χ4v) is 3.12. The van der Waals surface area contributed by atoms with Gasteiger partial charge in [0.1, 0.15) is 5.82 Å². The van der Waals surface area contributed by atoms with Gasteiger partial charge in [0, 0.05) is 21.8 Å². The van der Waals surface area contributed by atoms with Gasteiger partial charge in [0.2, 0.25) is 0 Å². The summed E-state index contributed by atoms with van der Waals surface area (Å²) in [5, 5.41) is 5.04. The molecule has 3 nitrogen and oxygen atoms in total. The van der Waals surface area contributed by atoms with E-state index in [0.29, 0.717) is 5.02 Å². The van der Waals surface area contributed by atoms with Crippen molar-refractivity contribution in [1.82, 2.24) is 9.97 Å². The number of rotatable bonds is 4. The minimum Gasteiger partial charge on any atom is -0.369 e. The zero-order chi connectivity index (χ0) is 14.8. The molecular formula is C16H16ClN3S.